The van der Waals surface area contributed by atoms with E-state index >= 15 is 0 Å². The molecule has 0 amide bonds. The van der Waals surface area contributed by atoms with Crippen molar-refractivity contribution in [2.45, 2.75) is 12.4 Å². The van der Waals surface area contributed by atoms with Crippen LogP contribution < -0.4 is 9.03 Å². The van der Waals surface area contributed by atoms with Crippen LogP contribution in [0.2, 0.25) is 0 Å². The van der Waals surface area contributed by atoms with Crippen LogP contribution in [-0.2, 0) is 12.5 Å². The van der Waals surface area contributed by atoms with Gasteiger partial charge in [0.1, 0.15) is 0 Å². The van der Waals surface area contributed by atoms with Crippen molar-refractivity contribution in [1.29, 1.82) is 0 Å². The first-order chi connectivity index (χ1) is 7.25. The molecule has 0 aliphatic carbocycles. The second kappa shape index (κ2) is 4.65. The second-order valence-electron chi connectivity index (χ2n) is 3.63. The quantitative estimate of drug-likeness (QED) is 0.568. The van der Waals surface area contributed by atoms with Gasteiger partial charge >= 0.3 is 96.5 Å². The molecule has 0 unspecified atom stereocenters. The number of hydrogen-bond acceptors (Lipinski definition) is 0. The Morgan fingerprint density at radius 3 is 2.80 bits per heavy atom. The summed E-state index contributed by atoms with van der Waals surface area (Å²) in [5.41, 5.74) is 2.52. The van der Waals surface area contributed by atoms with Crippen LogP contribution in [-0.4, -0.2) is 19.5 Å². The molecule has 2 rings (SSSR count). The van der Waals surface area contributed by atoms with E-state index in [1.807, 2.05) is 0 Å². The summed E-state index contributed by atoms with van der Waals surface area (Å²) in [5, 5.41) is 0. The molecule has 0 fully saturated rings. The molecule has 1 aromatic heterocycles. The number of imidazole rings is 1. The van der Waals surface area contributed by atoms with Gasteiger partial charge in [-0.2, -0.15) is 0 Å². The average molecular weight is 266 g/mol. The standard InChI is InChI=1S/C12H15N2Se/c1-11-5-3-4-6-12(11)15-10-14-8-7-13(2)9-14/h3-9H,10H2,1-2H3/q+1. The molecule has 0 aliphatic rings. The van der Waals surface area contributed by atoms with Crippen LogP contribution in [0.3, 0.4) is 0 Å². The molecule has 0 saturated carbocycles. The summed E-state index contributed by atoms with van der Waals surface area (Å²) < 4.78 is 5.82. The van der Waals surface area contributed by atoms with Crippen molar-refractivity contribution >= 4 is 19.4 Å². The number of nitrogens with zero attached hydrogens (tertiary/aromatic N) is 2. The summed E-state index contributed by atoms with van der Waals surface area (Å²) >= 11 is 0.525. The van der Waals surface area contributed by atoms with Gasteiger partial charge in [0.05, 0.1) is 0 Å². The predicted octanol–water partition coefficient (Wildman–Crippen LogP) is 0.608. The molecule has 0 spiro atoms. The average Bonchev–Trinajstić information content (AvgIpc) is 2.63. The van der Waals surface area contributed by atoms with Gasteiger partial charge in [-0.25, -0.2) is 0 Å². The Kier molecular flexibility index (Phi) is 3.24. The second-order valence-corrected chi connectivity index (χ2v) is 5.70. The molecule has 0 aliphatic heterocycles. The molecule has 2 nitrogen and oxygen atoms in total. The Bertz CT molecular complexity index is 448. The van der Waals surface area contributed by atoms with E-state index in [4.69, 9.17) is 0 Å². The normalized spacial score (nSPS) is 10.5. The van der Waals surface area contributed by atoms with Crippen molar-refractivity contribution in [3.05, 3.63) is 48.5 Å². The van der Waals surface area contributed by atoms with Crippen LogP contribution in [0.5, 0.6) is 0 Å². The fourth-order valence-electron chi connectivity index (χ4n) is 1.44. The van der Waals surface area contributed by atoms with Gasteiger partial charge < -0.3 is 0 Å². The zero-order valence-electron chi connectivity index (χ0n) is 9.05. The van der Waals surface area contributed by atoms with Gasteiger partial charge in [0.15, 0.2) is 0 Å². The maximum absolute atomic E-state index is 2.24. The first kappa shape index (κ1) is 10.5. The summed E-state index contributed by atoms with van der Waals surface area (Å²) in [7, 11) is 2.05. The van der Waals surface area contributed by atoms with E-state index in [0.717, 1.165) is 5.44 Å². The summed E-state index contributed by atoms with van der Waals surface area (Å²) in [6.07, 6.45) is 6.33. The fraction of sp³-hybridized carbons (Fsp3) is 0.250. The molecule has 0 radical (unpaired) electrons. The van der Waals surface area contributed by atoms with Crippen LogP contribution >= 0.6 is 0 Å². The third-order valence-electron chi connectivity index (χ3n) is 2.29. The van der Waals surface area contributed by atoms with Gasteiger partial charge in [-0.1, -0.05) is 0 Å². The molecule has 78 valence electrons. The van der Waals surface area contributed by atoms with Gasteiger partial charge in [-0.05, 0) is 0 Å². The molecule has 0 bridgehead atoms. The molecule has 1 aromatic carbocycles. The Hall–Kier alpha value is -1.05. The van der Waals surface area contributed by atoms with Gasteiger partial charge in [-0.3, -0.25) is 0 Å². The van der Waals surface area contributed by atoms with E-state index in [1.54, 1.807) is 0 Å². The topological polar surface area (TPSA) is 8.81 Å². The van der Waals surface area contributed by atoms with Crippen LogP contribution in [0.15, 0.2) is 43.0 Å². The van der Waals surface area contributed by atoms with Crippen LogP contribution in [0.1, 0.15) is 5.56 Å². The Labute approximate surface area is 96.7 Å². The minimum absolute atomic E-state index is 0.525. The summed E-state index contributed by atoms with van der Waals surface area (Å²) in [5.74, 6) is 0. The minimum atomic E-state index is 0.525. The number of rotatable bonds is 3. The van der Waals surface area contributed by atoms with Crippen LogP contribution in [0.25, 0.3) is 0 Å². The van der Waals surface area contributed by atoms with E-state index < -0.39 is 0 Å². The summed E-state index contributed by atoms with van der Waals surface area (Å²) in [4.78, 5) is 0. The summed E-state index contributed by atoms with van der Waals surface area (Å²) in [6.45, 7) is 2.19. The van der Waals surface area contributed by atoms with E-state index in [9.17, 15) is 0 Å². The SMILES string of the molecule is Cc1ccccc1[Se]Cn1cc[n+](C)c1. The number of hydrogen-bond donors (Lipinski definition) is 0. The number of aryl methyl sites for hydroxylation is 2. The maximum atomic E-state index is 2.24. The predicted molar refractivity (Wildman–Crippen MR) is 62.2 cm³/mol. The van der Waals surface area contributed by atoms with Crippen molar-refractivity contribution in [2.24, 2.45) is 7.05 Å². The first-order valence-corrected chi connectivity index (χ1v) is 7.02. The monoisotopic (exact) mass is 267 g/mol. The molecule has 1 heterocycles. The van der Waals surface area contributed by atoms with E-state index in [2.05, 4.69) is 66.1 Å². The number of aromatic nitrogens is 2. The molecule has 0 N–H and O–H groups in total. The molecular weight excluding hydrogens is 251 g/mol. The first-order valence-electron chi connectivity index (χ1n) is 4.95. The Morgan fingerprint density at radius 1 is 1.33 bits per heavy atom. The number of benzene rings is 1. The Balaban J connectivity index is 2.02. The van der Waals surface area contributed by atoms with Gasteiger partial charge in [0, 0.05) is 0 Å². The van der Waals surface area contributed by atoms with Crippen molar-refractivity contribution in [1.82, 2.24) is 4.57 Å². The molecular formula is C12H15N2Se+. The molecule has 2 aromatic rings. The summed E-state index contributed by atoms with van der Waals surface area (Å²) in [6, 6.07) is 8.65. The van der Waals surface area contributed by atoms with E-state index in [1.165, 1.54) is 10.0 Å². The van der Waals surface area contributed by atoms with Gasteiger partial charge in [-0.15, -0.1) is 0 Å². The molecule has 0 saturated heterocycles. The molecule has 3 heteroatoms. The molecule has 0 atom stereocenters. The van der Waals surface area contributed by atoms with E-state index in [0.29, 0.717) is 15.0 Å². The third kappa shape index (κ3) is 2.71. The zero-order valence-corrected chi connectivity index (χ0v) is 10.8. The van der Waals surface area contributed by atoms with Crippen molar-refractivity contribution in [3.63, 3.8) is 0 Å². The van der Waals surface area contributed by atoms with Crippen molar-refractivity contribution < 1.29 is 4.57 Å². The van der Waals surface area contributed by atoms with Gasteiger partial charge in [0.2, 0.25) is 0 Å². The molecule has 15 heavy (non-hydrogen) atoms. The fourth-order valence-corrected chi connectivity index (χ4v) is 3.35. The Morgan fingerprint density at radius 2 is 2.13 bits per heavy atom. The van der Waals surface area contributed by atoms with Crippen molar-refractivity contribution in [3.8, 4) is 0 Å². The van der Waals surface area contributed by atoms with Crippen LogP contribution in [0, 0.1) is 6.92 Å². The van der Waals surface area contributed by atoms with Gasteiger partial charge in [0.25, 0.3) is 0 Å². The van der Waals surface area contributed by atoms with Crippen LogP contribution in [0.4, 0.5) is 0 Å². The third-order valence-corrected chi connectivity index (χ3v) is 4.80. The zero-order chi connectivity index (χ0) is 10.7. The van der Waals surface area contributed by atoms with Crippen molar-refractivity contribution in [2.75, 3.05) is 0 Å². The van der Waals surface area contributed by atoms with E-state index in [-0.39, 0.29) is 0 Å².